The molecule has 0 saturated carbocycles. The van der Waals surface area contributed by atoms with E-state index in [1.165, 1.54) is 18.3 Å². The van der Waals surface area contributed by atoms with Crippen LogP contribution in [0.25, 0.3) is 11.1 Å². The van der Waals surface area contributed by atoms with Crippen LogP contribution in [0.15, 0.2) is 60.8 Å². The molecule has 1 heterocycles. The lowest BCUT2D eigenvalue weighted by atomic mass is 10.0. The Balaban J connectivity index is 1.66. The van der Waals surface area contributed by atoms with Crippen molar-refractivity contribution in [2.24, 2.45) is 0 Å². The summed E-state index contributed by atoms with van der Waals surface area (Å²) in [7, 11) is 3.16. The number of hydrogen-bond acceptors (Lipinski definition) is 7. The maximum absolute atomic E-state index is 12.6. The molecule has 8 nitrogen and oxygen atoms in total. The van der Waals surface area contributed by atoms with Crippen molar-refractivity contribution in [3.05, 3.63) is 72.1 Å². The summed E-state index contributed by atoms with van der Waals surface area (Å²) in [5, 5.41) is 2.61. The second-order valence-electron chi connectivity index (χ2n) is 6.94. The van der Waals surface area contributed by atoms with Crippen molar-refractivity contribution in [3.63, 3.8) is 0 Å². The Morgan fingerprint density at radius 2 is 1.70 bits per heavy atom. The van der Waals surface area contributed by atoms with Gasteiger partial charge in [-0.2, -0.15) is 0 Å². The van der Waals surface area contributed by atoms with E-state index in [1.54, 1.807) is 51.5 Å². The maximum Gasteiger partial charge on any atom is 0.356 e. The minimum atomic E-state index is -0.585. The lowest BCUT2D eigenvalue weighted by Gasteiger charge is -2.11. The van der Waals surface area contributed by atoms with Crippen molar-refractivity contribution in [2.75, 3.05) is 26.1 Å². The van der Waals surface area contributed by atoms with E-state index >= 15 is 0 Å². The molecule has 170 valence electrons. The first-order valence-electron chi connectivity index (χ1n) is 10.2. The number of anilines is 1. The van der Waals surface area contributed by atoms with Gasteiger partial charge >= 0.3 is 5.97 Å². The van der Waals surface area contributed by atoms with Crippen molar-refractivity contribution in [2.45, 2.75) is 13.3 Å². The highest BCUT2D eigenvalue weighted by Gasteiger charge is 2.15. The number of carbonyl (C=O) groups excluding carboxylic acids is 3. The molecule has 0 aliphatic heterocycles. The number of benzene rings is 2. The van der Waals surface area contributed by atoms with Gasteiger partial charge in [-0.05, 0) is 36.8 Å². The first-order valence-corrected chi connectivity index (χ1v) is 10.2. The number of ether oxygens (including phenoxy) is 3. The highest BCUT2D eigenvalue weighted by molar-refractivity contribution is 6.11. The average Bonchev–Trinajstić information content (AvgIpc) is 2.84. The molecule has 3 aromatic rings. The number of nitrogens with zero attached hydrogens (tertiary/aromatic N) is 1. The predicted molar refractivity (Wildman–Crippen MR) is 123 cm³/mol. The monoisotopic (exact) mass is 448 g/mol. The highest BCUT2D eigenvalue weighted by Crippen LogP contribution is 2.33. The van der Waals surface area contributed by atoms with E-state index in [1.807, 2.05) is 12.1 Å². The third-order valence-electron chi connectivity index (χ3n) is 4.78. The van der Waals surface area contributed by atoms with Crippen molar-refractivity contribution in [1.29, 1.82) is 0 Å². The van der Waals surface area contributed by atoms with Gasteiger partial charge in [-0.1, -0.05) is 24.3 Å². The van der Waals surface area contributed by atoms with Crippen molar-refractivity contribution in [3.8, 4) is 22.6 Å². The van der Waals surface area contributed by atoms with E-state index in [0.29, 0.717) is 22.7 Å². The number of esters is 1. The van der Waals surface area contributed by atoms with E-state index < -0.39 is 11.9 Å². The van der Waals surface area contributed by atoms with E-state index in [4.69, 9.17) is 14.2 Å². The largest absolute Gasteiger partial charge is 0.497 e. The van der Waals surface area contributed by atoms with Crippen LogP contribution in [0.3, 0.4) is 0 Å². The fraction of sp³-hybridized carbons (Fsp3) is 0.200. The van der Waals surface area contributed by atoms with Crippen LogP contribution in [-0.2, 0) is 9.53 Å². The number of amides is 1. The molecule has 0 saturated heterocycles. The maximum atomic E-state index is 12.6. The molecule has 0 radical (unpaired) electrons. The highest BCUT2D eigenvalue weighted by atomic mass is 16.5. The summed E-state index contributed by atoms with van der Waals surface area (Å²) in [4.78, 5) is 40.6. The van der Waals surface area contributed by atoms with Gasteiger partial charge in [0.05, 0.1) is 27.2 Å². The van der Waals surface area contributed by atoms with Gasteiger partial charge in [0.25, 0.3) is 0 Å². The third kappa shape index (κ3) is 5.94. The molecular formula is C25H24N2O6. The van der Waals surface area contributed by atoms with Crippen LogP contribution in [0.5, 0.6) is 11.5 Å². The van der Waals surface area contributed by atoms with Gasteiger partial charge in [0.2, 0.25) is 5.91 Å². The normalized spacial score (nSPS) is 10.3. The molecule has 1 N–H and O–H groups in total. The Labute approximate surface area is 191 Å². The summed E-state index contributed by atoms with van der Waals surface area (Å²) in [6, 6.07) is 15.3. The Kier molecular flexibility index (Phi) is 7.75. The average molecular weight is 448 g/mol. The molecule has 3 rings (SSSR count). The van der Waals surface area contributed by atoms with Crippen LogP contribution in [0.4, 0.5) is 5.69 Å². The zero-order valence-corrected chi connectivity index (χ0v) is 18.6. The number of aromatic nitrogens is 1. The number of hydrogen-bond donors (Lipinski definition) is 1. The van der Waals surface area contributed by atoms with Crippen LogP contribution in [-0.4, -0.2) is 43.5 Å². The van der Waals surface area contributed by atoms with Crippen LogP contribution < -0.4 is 14.8 Å². The van der Waals surface area contributed by atoms with Crippen molar-refractivity contribution in [1.82, 2.24) is 4.98 Å². The van der Waals surface area contributed by atoms with Crippen LogP contribution in [0.2, 0.25) is 0 Å². The zero-order chi connectivity index (χ0) is 23.8. The summed E-state index contributed by atoms with van der Waals surface area (Å²) in [6.45, 7) is 1.91. The molecule has 0 spiro atoms. The summed E-state index contributed by atoms with van der Waals surface area (Å²) >= 11 is 0. The first-order chi connectivity index (χ1) is 15.9. The molecule has 0 aliphatic carbocycles. The van der Waals surface area contributed by atoms with Crippen LogP contribution in [0.1, 0.15) is 34.2 Å². The fourth-order valence-electron chi connectivity index (χ4n) is 3.15. The summed E-state index contributed by atoms with van der Waals surface area (Å²) in [6.07, 6.45) is 1.04. The quantitative estimate of drug-likeness (QED) is 0.298. The molecule has 8 heteroatoms. The number of ketones is 1. The Morgan fingerprint density at radius 1 is 0.939 bits per heavy atom. The van der Waals surface area contributed by atoms with Crippen LogP contribution in [0, 0.1) is 0 Å². The van der Waals surface area contributed by atoms with Gasteiger partial charge in [-0.3, -0.25) is 9.59 Å². The summed E-state index contributed by atoms with van der Waals surface area (Å²) in [5.41, 5.74) is 2.55. The van der Waals surface area contributed by atoms with E-state index in [0.717, 1.165) is 11.1 Å². The van der Waals surface area contributed by atoms with E-state index in [-0.39, 0.29) is 24.5 Å². The molecule has 1 amide bonds. The Hall–Kier alpha value is -4.20. The van der Waals surface area contributed by atoms with E-state index in [2.05, 4.69) is 10.3 Å². The molecule has 2 aromatic carbocycles. The predicted octanol–water partition coefficient (Wildman–Crippen LogP) is 4.15. The second kappa shape index (κ2) is 10.9. The number of methoxy groups -OCH3 is 2. The molecular weight excluding hydrogens is 424 g/mol. The van der Waals surface area contributed by atoms with Gasteiger partial charge in [-0.15, -0.1) is 0 Å². The molecule has 1 aromatic heterocycles. The van der Waals surface area contributed by atoms with Crippen LogP contribution >= 0.6 is 0 Å². The zero-order valence-electron chi connectivity index (χ0n) is 18.6. The number of pyridine rings is 1. The fourth-order valence-corrected chi connectivity index (χ4v) is 3.15. The molecule has 0 bridgehead atoms. The molecule has 0 atom stereocenters. The van der Waals surface area contributed by atoms with Crippen molar-refractivity contribution >= 4 is 23.3 Å². The second-order valence-corrected chi connectivity index (χ2v) is 6.94. The number of Topliss-reactive ketones (excluding diaryl/α,β-unsaturated/α-hetero) is 1. The Bertz CT molecular complexity index is 1160. The standard InChI is InChI=1S/C25H24N2O6/c1-4-33-25(30)21-13-18(11-12-26-21)27-24(29)15-22(28)17-7-5-16(6-8-17)20-10-9-19(31-2)14-23(20)32-3/h5-14H,4,15H2,1-3H3,(H,26,27,29). The van der Waals surface area contributed by atoms with Gasteiger partial charge in [0.1, 0.15) is 17.2 Å². The van der Waals surface area contributed by atoms with E-state index in [9.17, 15) is 14.4 Å². The number of rotatable bonds is 9. The summed E-state index contributed by atoms with van der Waals surface area (Å²) < 4.78 is 15.5. The van der Waals surface area contributed by atoms with Gasteiger partial charge in [-0.25, -0.2) is 9.78 Å². The summed E-state index contributed by atoms with van der Waals surface area (Å²) in [5.74, 6) is -0.0927. The molecule has 33 heavy (non-hydrogen) atoms. The SMILES string of the molecule is CCOC(=O)c1cc(NC(=O)CC(=O)c2ccc(-c3ccc(OC)cc3OC)cc2)ccn1. The van der Waals surface area contributed by atoms with Gasteiger partial charge < -0.3 is 19.5 Å². The third-order valence-corrected chi connectivity index (χ3v) is 4.78. The minimum Gasteiger partial charge on any atom is -0.497 e. The van der Waals surface area contributed by atoms with Gasteiger partial charge in [0.15, 0.2) is 5.78 Å². The first kappa shape index (κ1) is 23.5. The smallest absolute Gasteiger partial charge is 0.356 e. The molecule has 0 fully saturated rings. The number of carbonyl (C=O) groups is 3. The van der Waals surface area contributed by atoms with Crippen molar-refractivity contribution < 1.29 is 28.6 Å². The van der Waals surface area contributed by atoms with Gasteiger partial charge in [0, 0.05) is 29.1 Å². The lowest BCUT2D eigenvalue weighted by molar-refractivity contribution is -0.115. The minimum absolute atomic E-state index is 0.0746. The number of nitrogens with one attached hydrogen (secondary N) is 1. The molecule has 0 aliphatic rings. The molecule has 0 unspecified atom stereocenters. The topological polar surface area (TPSA) is 104 Å². The lowest BCUT2D eigenvalue weighted by Crippen LogP contribution is -2.17. The Morgan fingerprint density at radius 3 is 2.36 bits per heavy atom.